The molecule has 1 N–H and O–H groups in total. The number of hydrogen-bond acceptors (Lipinski definition) is 5. The number of amides is 1. The minimum absolute atomic E-state index is 0.110. The molecule has 1 heterocycles. The van der Waals surface area contributed by atoms with Gasteiger partial charge in [-0.3, -0.25) is 4.79 Å². The molecule has 0 aliphatic rings. The highest BCUT2D eigenvalue weighted by molar-refractivity contribution is 7.99. The number of carbonyl (C=O) groups excluding carboxylic acids is 1. The number of aryl methyl sites for hydroxylation is 1. The molecule has 0 fully saturated rings. The van der Waals surface area contributed by atoms with E-state index in [4.69, 9.17) is 11.6 Å². The Morgan fingerprint density at radius 2 is 1.93 bits per heavy atom. The molecule has 0 aliphatic heterocycles. The summed E-state index contributed by atoms with van der Waals surface area (Å²) in [5.74, 6) is 1.74. The third-order valence-electron chi connectivity index (χ3n) is 3.75. The summed E-state index contributed by atoms with van der Waals surface area (Å²) in [5.41, 5.74) is 1.92. The second-order valence-electron chi connectivity index (χ2n) is 5.91. The Labute approximate surface area is 171 Å². The number of carbonyl (C=O) groups is 1. The Balaban J connectivity index is 1.52. The van der Waals surface area contributed by atoms with Gasteiger partial charge in [0, 0.05) is 22.7 Å². The second kappa shape index (κ2) is 9.30. The molecular formula is C19H19ClN4OS2. The van der Waals surface area contributed by atoms with Crippen molar-refractivity contribution < 1.29 is 4.79 Å². The fourth-order valence-corrected chi connectivity index (χ4v) is 4.07. The van der Waals surface area contributed by atoms with Gasteiger partial charge in [0.2, 0.25) is 5.91 Å². The molecule has 0 atom stereocenters. The molecule has 0 aliphatic carbocycles. The molecular weight excluding hydrogens is 400 g/mol. The summed E-state index contributed by atoms with van der Waals surface area (Å²) in [7, 11) is 1.92. The lowest BCUT2D eigenvalue weighted by Crippen LogP contribution is -2.14. The number of halogens is 1. The molecule has 0 saturated heterocycles. The zero-order valence-electron chi connectivity index (χ0n) is 15.0. The standard InChI is InChI=1S/C19H19ClN4OS2/c1-13-6-8-16(9-7-13)26-11-17-22-23-19(24(17)2)27-12-18(25)21-15-5-3-4-14(20)10-15/h3-10H,11-12H2,1-2H3,(H,21,25). The van der Waals surface area contributed by atoms with Gasteiger partial charge < -0.3 is 9.88 Å². The van der Waals surface area contributed by atoms with Crippen molar-refractivity contribution in [3.63, 3.8) is 0 Å². The molecule has 1 amide bonds. The van der Waals surface area contributed by atoms with Crippen molar-refractivity contribution in [2.45, 2.75) is 22.7 Å². The number of anilines is 1. The van der Waals surface area contributed by atoms with E-state index >= 15 is 0 Å². The molecule has 8 heteroatoms. The van der Waals surface area contributed by atoms with Crippen molar-refractivity contribution >= 4 is 46.7 Å². The van der Waals surface area contributed by atoms with Crippen LogP contribution in [0.25, 0.3) is 0 Å². The van der Waals surface area contributed by atoms with Crippen molar-refractivity contribution in [2.75, 3.05) is 11.1 Å². The Bertz CT molecular complexity index is 928. The Morgan fingerprint density at radius 1 is 1.15 bits per heavy atom. The number of hydrogen-bond donors (Lipinski definition) is 1. The van der Waals surface area contributed by atoms with Crippen LogP contribution in [-0.2, 0) is 17.6 Å². The summed E-state index contributed by atoms with van der Waals surface area (Å²) in [4.78, 5) is 13.3. The van der Waals surface area contributed by atoms with Gasteiger partial charge in [-0.05, 0) is 37.3 Å². The van der Waals surface area contributed by atoms with Gasteiger partial charge in [0.15, 0.2) is 5.16 Å². The number of aromatic nitrogens is 3. The van der Waals surface area contributed by atoms with Crippen molar-refractivity contribution in [1.82, 2.24) is 14.8 Å². The molecule has 0 spiro atoms. The summed E-state index contributed by atoms with van der Waals surface area (Å²) < 4.78 is 1.93. The fraction of sp³-hybridized carbons (Fsp3) is 0.211. The van der Waals surface area contributed by atoms with Crippen molar-refractivity contribution in [1.29, 1.82) is 0 Å². The molecule has 27 heavy (non-hydrogen) atoms. The van der Waals surface area contributed by atoms with Gasteiger partial charge in [-0.15, -0.1) is 22.0 Å². The predicted molar refractivity (Wildman–Crippen MR) is 113 cm³/mol. The lowest BCUT2D eigenvalue weighted by molar-refractivity contribution is -0.113. The topological polar surface area (TPSA) is 59.8 Å². The van der Waals surface area contributed by atoms with Crippen LogP contribution < -0.4 is 5.32 Å². The molecule has 140 valence electrons. The van der Waals surface area contributed by atoms with E-state index in [2.05, 4.69) is 46.7 Å². The smallest absolute Gasteiger partial charge is 0.234 e. The van der Waals surface area contributed by atoms with Gasteiger partial charge in [0.05, 0.1) is 11.5 Å². The SMILES string of the molecule is Cc1ccc(SCc2nnc(SCC(=O)Nc3cccc(Cl)c3)n2C)cc1. The molecule has 1 aromatic heterocycles. The first-order valence-electron chi connectivity index (χ1n) is 8.27. The number of rotatable bonds is 7. The molecule has 0 unspecified atom stereocenters. The van der Waals surface area contributed by atoms with Crippen LogP contribution in [0, 0.1) is 6.92 Å². The van der Waals surface area contributed by atoms with E-state index in [0.717, 1.165) is 16.7 Å². The average Bonchev–Trinajstić information content (AvgIpc) is 2.99. The second-order valence-corrected chi connectivity index (χ2v) is 8.33. The maximum atomic E-state index is 12.1. The number of thioether (sulfide) groups is 2. The van der Waals surface area contributed by atoms with Gasteiger partial charge in [-0.25, -0.2) is 0 Å². The van der Waals surface area contributed by atoms with Gasteiger partial charge in [0.25, 0.3) is 0 Å². The highest BCUT2D eigenvalue weighted by atomic mass is 35.5. The lowest BCUT2D eigenvalue weighted by Gasteiger charge is -2.06. The predicted octanol–water partition coefficient (Wildman–Crippen LogP) is 4.80. The quantitative estimate of drug-likeness (QED) is 0.558. The largest absolute Gasteiger partial charge is 0.325 e. The third-order valence-corrected chi connectivity index (χ3v) is 6.02. The zero-order chi connectivity index (χ0) is 19.2. The monoisotopic (exact) mass is 418 g/mol. The zero-order valence-corrected chi connectivity index (χ0v) is 17.4. The highest BCUT2D eigenvalue weighted by Crippen LogP contribution is 2.24. The van der Waals surface area contributed by atoms with E-state index in [9.17, 15) is 4.79 Å². The van der Waals surface area contributed by atoms with Crippen molar-refractivity contribution in [2.24, 2.45) is 7.05 Å². The van der Waals surface area contributed by atoms with Crippen LogP contribution in [0.1, 0.15) is 11.4 Å². The van der Waals surface area contributed by atoms with Gasteiger partial charge >= 0.3 is 0 Å². The van der Waals surface area contributed by atoms with E-state index in [-0.39, 0.29) is 11.7 Å². The van der Waals surface area contributed by atoms with Crippen LogP contribution >= 0.6 is 35.1 Å². The average molecular weight is 419 g/mol. The minimum atomic E-state index is -0.110. The van der Waals surface area contributed by atoms with Gasteiger partial charge in [-0.2, -0.15) is 0 Å². The third kappa shape index (κ3) is 5.76. The maximum Gasteiger partial charge on any atom is 0.234 e. The molecule has 2 aromatic carbocycles. The lowest BCUT2D eigenvalue weighted by atomic mass is 10.2. The van der Waals surface area contributed by atoms with E-state index in [1.807, 2.05) is 11.6 Å². The highest BCUT2D eigenvalue weighted by Gasteiger charge is 2.12. The Hall–Kier alpha value is -1.96. The summed E-state index contributed by atoms with van der Waals surface area (Å²) in [6.07, 6.45) is 0. The number of nitrogens with one attached hydrogen (secondary N) is 1. The molecule has 0 saturated carbocycles. The first-order chi connectivity index (χ1) is 13.0. The number of benzene rings is 2. The summed E-state index contributed by atoms with van der Waals surface area (Å²) in [6.45, 7) is 2.07. The van der Waals surface area contributed by atoms with E-state index in [0.29, 0.717) is 10.7 Å². The van der Waals surface area contributed by atoms with Crippen LogP contribution in [-0.4, -0.2) is 26.4 Å². The van der Waals surface area contributed by atoms with Crippen LogP contribution in [0.2, 0.25) is 5.02 Å². The Kier molecular flexibility index (Phi) is 6.82. The summed E-state index contributed by atoms with van der Waals surface area (Å²) in [6, 6.07) is 15.5. The first-order valence-corrected chi connectivity index (χ1v) is 10.6. The summed E-state index contributed by atoms with van der Waals surface area (Å²) >= 11 is 9.00. The van der Waals surface area contributed by atoms with Gasteiger partial charge in [-0.1, -0.05) is 47.1 Å². The molecule has 0 bridgehead atoms. The number of nitrogens with zero attached hydrogens (tertiary/aromatic N) is 3. The summed E-state index contributed by atoms with van der Waals surface area (Å²) in [5, 5.41) is 12.6. The Morgan fingerprint density at radius 3 is 2.67 bits per heavy atom. The van der Waals surface area contributed by atoms with Crippen LogP contribution in [0.5, 0.6) is 0 Å². The molecule has 0 radical (unpaired) electrons. The van der Waals surface area contributed by atoms with Crippen LogP contribution in [0.3, 0.4) is 0 Å². The van der Waals surface area contributed by atoms with Crippen LogP contribution in [0.4, 0.5) is 5.69 Å². The molecule has 5 nitrogen and oxygen atoms in total. The van der Waals surface area contributed by atoms with Crippen LogP contribution in [0.15, 0.2) is 58.6 Å². The normalized spacial score (nSPS) is 10.8. The van der Waals surface area contributed by atoms with Crippen molar-refractivity contribution in [3.05, 3.63) is 64.9 Å². The first kappa shape index (κ1) is 19.8. The maximum absolute atomic E-state index is 12.1. The van der Waals surface area contributed by atoms with Gasteiger partial charge in [0.1, 0.15) is 5.82 Å². The van der Waals surface area contributed by atoms with E-state index in [1.165, 1.54) is 22.2 Å². The van der Waals surface area contributed by atoms with E-state index < -0.39 is 0 Å². The minimum Gasteiger partial charge on any atom is -0.325 e. The van der Waals surface area contributed by atoms with E-state index in [1.54, 1.807) is 36.0 Å². The van der Waals surface area contributed by atoms with Crippen molar-refractivity contribution in [3.8, 4) is 0 Å². The molecule has 3 rings (SSSR count). The fourth-order valence-electron chi connectivity index (χ4n) is 2.27. The molecule has 3 aromatic rings.